The number of aliphatic hydroxyl groups is 1. The Bertz CT molecular complexity index is 963. The Morgan fingerprint density at radius 2 is 1.87 bits per heavy atom. The maximum Gasteiger partial charge on any atom is 0.0587 e. The maximum absolute atomic E-state index is 9.50. The Kier molecular flexibility index (Phi) is 7.30. The fourth-order valence-electron chi connectivity index (χ4n) is 3.92. The predicted octanol–water partition coefficient (Wildman–Crippen LogP) is 5.13. The van der Waals surface area contributed by atoms with E-state index in [1.54, 1.807) is 0 Å². The highest BCUT2D eigenvalue weighted by atomic mass is 32.1. The second-order valence-electron chi connectivity index (χ2n) is 9.47. The van der Waals surface area contributed by atoms with Crippen molar-refractivity contribution in [2.45, 2.75) is 63.6 Å². The third-order valence-electron chi connectivity index (χ3n) is 5.16. The molecular weight excluding hydrogens is 390 g/mol. The number of aromatic amines is 1. The van der Waals surface area contributed by atoms with Gasteiger partial charge >= 0.3 is 0 Å². The molecular formula is C25H35N3OS. The van der Waals surface area contributed by atoms with E-state index >= 15 is 0 Å². The van der Waals surface area contributed by atoms with Gasteiger partial charge in [0, 0.05) is 39.6 Å². The highest BCUT2D eigenvalue weighted by molar-refractivity contribution is 7.80. The van der Waals surface area contributed by atoms with Crippen LogP contribution in [-0.2, 0) is 6.54 Å². The summed E-state index contributed by atoms with van der Waals surface area (Å²) in [5.41, 5.74) is 11.4. The highest BCUT2D eigenvalue weighted by Gasteiger charge is 2.24. The van der Waals surface area contributed by atoms with Crippen molar-refractivity contribution in [1.82, 2.24) is 9.88 Å². The number of thiol groups is 1. The van der Waals surface area contributed by atoms with Gasteiger partial charge in [-0.1, -0.05) is 12.1 Å². The van der Waals surface area contributed by atoms with Crippen LogP contribution in [0.4, 0.5) is 0 Å². The van der Waals surface area contributed by atoms with Crippen molar-refractivity contribution < 1.29 is 5.11 Å². The molecule has 1 atom stereocenters. The predicted molar refractivity (Wildman–Crippen MR) is 130 cm³/mol. The average Bonchev–Trinajstić information content (AvgIpc) is 3.24. The molecule has 2 heterocycles. The van der Waals surface area contributed by atoms with Gasteiger partial charge in [0.2, 0.25) is 0 Å². The summed E-state index contributed by atoms with van der Waals surface area (Å²) in [6.45, 7) is 10.2. The van der Waals surface area contributed by atoms with Crippen LogP contribution < -0.4 is 5.73 Å². The van der Waals surface area contributed by atoms with Crippen LogP contribution in [0, 0.1) is 6.92 Å². The monoisotopic (exact) mass is 425 g/mol. The van der Waals surface area contributed by atoms with Crippen LogP contribution in [0.25, 0.3) is 22.0 Å². The summed E-state index contributed by atoms with van der Waals surface area (Å²) in [6, 6.07) is 15.5. The summed E-state index contributed by atoms with van der Waals surface area (Å²) < 4.78 is 0. The Labute approximate surface area is 185 Å². The lowest BCUT2D eigenvalue weighted by molar-refractivity contribution is 0.152. The van der Waals surface area contributed by atoms with Crippen LogP contribution in [0.1, 0.15) is 44.9 Å². The average molecular weight is 426 g/mol. The SMILES string of the molecule is CC(C)(C)N.Cc1cc(S)cc(-c2ccc3[nH]c(CN4CCCC4CO)cc3c2)c1. The third kappa shape index (κ3) is 6.35. The minimum atomic E-state index is 0. The molecule has 1 saturated heterocycles. The summed E-state index contributed by atoms with van der Waals surface area (Å²) in [6.07, 6.45) is 2.27. The number of nitrogens with two attached hydrogens (primary N) is 1. The lowest BCUT2D eigenvalue weighted by atomic mass is 10.0. The smallest absolute Gasteiger partial charge is 0.0587 e. The van der Waals surface area contributed by atoms with Gasteiger partial charge in [0.15, 0.2) is 0 Å². The first-order chi connectivity index (χ1) is 14.1. The first-order valence-electron chi connectivity index (χ1n) is 10.7. The Morgan fingerprint density at radius 3 is 2.53 bits per heavy atom. The quantitative estimate of drug-likeness (QED) is 0.438. The molecule has 2 aromatic carbocycles. The first kappa shape index (κ1) is 22.9. The topological polar surface area (TPSA) is 65.3 Å². The second kappa shape index (κ2) is 9.56. The van der Waals surface area contributed by atoms with Crippen LogP contribution in [-0.4, -0.2) is 39.7 Å². The Balaban J connectivity index is 0.000000461. The molecule has 0 amide bonds. The van der Waals surface area contributed by atoms with E-state index in [0.29, 0.717) is 6.04 Å². The van der Waals surface area contributed by atoms with Gasteiger partial charge in [-0.3, -0.25) is 4.90 Å². The zero-order valence-electron chi connectivity index (χ0n) is 18.6. The molecule has 3 aromatic rings. The molecule has 4 N–H and O–H groups in total. The molecule has 1 aliphatic rings. The minimum Gasteiger partial charge on any atom is -0.395 e. The summed E-state index contributed by atoms with van der Waals surface area (Å²) in [5, 5.41) is 10.7. The van der Waals surface area contributed by atoms with E-state index in [0.717, 1.165) is 29.9 Å². The van der Waals surface area contributed by atoms with Crippen molar-refractivity contribution in [3.63, 3.8) is 0 Å². The lowest BCUT2D eigenvalue weighted by Gasteiger charge is -2.21. The number of H-pyrrole nitrogens is 1. The van der Waals surface area contributed by atoms with Gasteiger partial charge in [0.05, 0.1) is 6.61 Å². The van der Waals surface area contributed by atoms with E-state index < -0.39 is 0 Å². The molecule has 1 unspecified atom stereocenters. The largest absolute Gasteiger partial charge is 0.395 e. The van der Waals surface area contributed by atoms with E-state index in [2.05, 4.69) is 71.9 Å². The number of aliphatic hydroxyl groups excluding tert-OH is 1. The molecule has 0 spiro atoms. The zero-order chi connectivity index (χ0) is 21.9. The summed E-state index contributed by atoms with van der Waals surface area (Å²) >= 11 is 4.50. The van der Waals surface area contributed by atoms with Gasteiger partial charge in [-0.05, 0) is 94.1 Å². The first-order valence-corrected chi connectivity index (χ1v) is 11.1. The molecule has 4 nitrogen and oxygen atoms in total. The van der Waals surface area contributed by atoms with E-state index in [-0.39, 0.29) is 12.1 Å². The number of rotatable bonds is 4. The van der Waals surface area contributed by atoms with Crippen LogP contribution in [0.3, 0.4) is 0 Å². The Hall–Kier alpha value is -1.79. The zero-order valence-corrected chi connectivity index (χ0v) is 19.5. The van der Waals surface area contributed by atoms with Gasteiger partial charge in [-0.2, -0.15) is 0 Å². The van der Waals surface area contributed by atoms with Crippen LogP contribution in [0.2, 0.25) is 0 Å². The lowest BCUT2D eigenvalue weighted by Crippen LogP contribution is -2.31. The number of benzene rings is 2. The van der Waals surface area contributed by atoms with Crippen molar-refractivity contribution in [3.05, 3.63) is 53.7 Å². The number of hydrogen-bond donors (Lipinski definition) is 4. The highest BCUT2D eigenvalue weighted by Crippen LogP contribution is 2.28. The van der Waals surface area contributed by atoms with Crippen molar-refractivity contribution in [2.24, 2.45) is 5.73 Å². The van der Waals surface area contributed by atoms with Crippen LogP contribution >= 0.6 is 12.6 Å². The van der Waals surface area contributed by atoms with Crippen molar-refractivity contribution in [2.75, 3.05) is 13.2 Å². The molecule has 1 aliphatic heterocycles. The van der Waals surface area contributed by atoms with Crippen molar-refractivity contribution in [1.29, 1.82) is 0 Å². The van der Waals surface area contributed by atoms with E-state index in [4.69, 9.17) is 5.73 Å². The molecule has 1 aromatic heterocycles. The standard InChI is InChI=1S/C21H24N2OS.C4H11N/c1-14-7-16(11-20(25)8-14)15-4-5-21-17(9-15)10-18(22-21)12-23-6-2-3-19(23)13-24;1-4(2,3)5/h4-5,7-11,19,22,24-25H,2-3,6,12-13H2,1H3;5H2,1-3H3. The normalized spacial score (nSPS) is 17.2. The third-order valence-corrected chi connectivity index (χ3v) is 5.41. The molecule has 5 heteroatoms. The van der Waals surface area contributed by atoms with Crippen LogP contribution in [0.15, 0.2) is 47.4 Å². The van der Waals surface area contributed by atoms with Crippen LogP contribution in [0.5, 0.6) is 0 Å². The van der Waals surface area contributed by atoms with Gasteiger partial charge in [0.1, 0.15) is 0 Å². The molecule has 162 valence electrons. The minimum absolute atomic E-state index is 0. The maximum atomic E-state index is 9.50. The summed E-state index contributed by atoms with van der Waals surface area (Å²) in [5.74, 6) is 0. The summed E-state index contributed by atoms with van der Waals surface area (Å²) in [4.78, 5) is 6.90. The molecule has 0 aliphatic carbocycles. The molecule has 30 heavy (non-hydrogen) atoms. The van der Waals surface area contributed by atoms with Gasteiger partial charge < -0.3 is 15.8 Å². The number of aromatic nitrogens is 1. The number of likely N-dealkylation sites (tertiary alicyclic amines) is 1. The van der Waals surface area contributed by atoms with Gasteiger partial charge in [-0.25, -0.2) is 0 Å². The molecule has 0 saturated carbocycles. The number of aryl methyl sites for hydroxylation is 1. The van der Waals surface area contributed by atoms with Crippen molar-refractivity contribution >= 4 is 23.5 Å². The molecule has 1 fully saturated rings. The molecule has 0 radical (unpaired) electrons. The number of fused-ring (bicyclic) bond motifs is 1. The Morgan fingerprint density at radius 1 is 1.13 bits per heavy atom. The fraction of sp³-hybridized carbons (Fsp3) is 0.440. The van der Waals surface area contributed by atoms with E-state index in [1.165, 1.54) is 34.2 Å². The van der Waals surface area contributed by atoms with Crippen molar-refractivity contribution in [3.8, 4) is 11.1 Å². The van der Waals surface area contributed by atoms with E-state index in [9.17, 15) is 5.11 Å². The van der Waals surface area contributed by atoms with Gasteiger partial charge in [0.25, 0.3) is 0 Å². The van der Waals surface area contributed by atoms with E-state index in [1.807, 2.05) is 20.8 Å². The number of hydrogen-bond acceptors (Lipinski definition) is 4. The molecule has 0 bridgehead atoms. The number of nitrogens with zero attached hydrogens (tertiary/aromatic N) is 1. The molecule has 4 rings (SSSR count). The van der Waals surface area contributed by atoms with Gasteiger partial charge in [-0.15, -0.1) is 12.6 Å². The fourth-order valence-corrected chi connectivity index (χ4v) is 4.26. The second-order valence-corrected chi connectivity index (χ2v) is 9.99. The number of nitrogens with one attached hydrogen (secondary N) is 1. The summed E-state index contributed by atoms with van der Waals surface area (Å²) in [7, 11) is 0.